The van der Waals surface area contributed by atoms with Gasteiger partial charge in [0.05, 0.1) is 0 Å². The number of hydrogen-bond donors (Lipinski definition) is 1. The van der Waals surface area contributed by atoms with E-state index in [1.807, 2.05) is 0 Å². The smallest absolute Gasteiger partial charge is 0.00927 e. The Hall–Kier alpha value is -0.0800. The van der Waals surface area contributed by atoms with Crippen LogP contribution < -0.4 is 5.32 Å². The van der Waals surface area contributed by atoms with Crippen LogP contribution in [0.3, 0.4) is 0 Å². The SMILES string of the molecule is CCCCC(CC)N(CCC)CC1CCNCC1. The monoisotopic (exact) mass is 254 g/mol. The number of nitrogens with one attached hydrogen (secondary N) is 1. The zero-order valence-electron chi connectivity index (χ0n) is 12.9. The van der Waals surface area contributed by atoms with Gasteiger partial charge in [-0.15, -0.1) is 0 Å². The van der Waals surface area contributed by atoms with Crippen LogP contribution in [0, 0.1) is 5.92 Å². The third-order valence-electron chi connectivity index (χ3n) is 4.34. The lowest BCUT2D eigenvalue weighted by atomic mass is 9.95. The van der Waals surface area contributed by atoms with Crippen LogP contribution in [0.25, 0.3) is 0 Å². The van der Waals surface area contributed by atoms with Gasteiger partial charge in [0.15, 0.2) is 0 Å². The summed E-state index contributed by atoms with van der Waals surface area (Å²) in [6.45, 7) is 12.1. The second-order valence-electron chi connectivity index (χ2n) is 5.89. The van der Waals surface area contributed by atoms with Crippen LogP contribution in [-0.2, 0) is 0 Å². The Kier molecular flexibility index (Phi) is 8.70. The first kappa shape index (κ1) is 16.0. The Balaban J connectivity index is 2.44. The first-order chi connectivity index (χ1) is 8.81. The fourth-order valence-corrected chi connectivity index (χ4v) is 3.19. The van der Waals surface area contributed by atoms with Gasteiger partial charge in [0.25, 0.3) is 0 Å². The third kappa shape index (κ3) is 5.71. The molecule has 0 saturated carbocycles. The molecular formula is C16H34N2. The highest BCUT2D eigenvalue weighted by atomic mass is 15.2. The summed E-state index contributed by atoms with van der Waals surface area (Å²) >= 11 is 0. The van der Waals surface area contributed by atoms with Crippen LogP contribution in [-0.4, -0.2) is 37.1 Å². The van der Waals surface area contributed by atoms with Crippen LogP contribution >= 0.6 is 0 Å². The normalized spacial score (nSPS) is 19.3. The number of nitrogens with zero attached hydrogens (tertiary/aromatic N) is 1. The zero-order valence-corrected chi connectivity index (χ0v) is 12.9. The molecule has 1 saturated heterocycles. The van der Waals surface area contributed by atoms with Crippen LogP contribution in [0.2, 0.25) is 0 Å². The van der Waals surface area contributed by atoms with E-state index in [-0.39, 0.29) is 0 Å². The van der Waals surface area contributed by atoms with E-state index in [0.29, 0.717) is 0 Å². The molecule has 1 heterocycles. The fraction of sp³-hybridized carbons (Fsp3) is 1.00. The van der Waals surface area contributed by atoms with Gasteiger partial charge < -0.3 is 10.2 Å². The van der Waals surface area contributed by atoms with Gasteiger partial charge in [-0.05, 0) is 57.7 Å². The summed E-state index contributed by atoms with van der Waals surface area (Å²) in [5.41, 5.74) is 0. The maximum absolute atomic E-state index is 3.48. The predicted octanol–water partition coefficient (Wildman–Crippen LogP) is 3.67. The van der Waals surface area contributed by atoms with E-state index in [1.165, 1.54) is 71.1 Å². The van der Waals surface area contributed by atoms with Crippen molar-refractivity contribution in [3.63, 3.8) is 0 Å². The molecule has 18 heavy (non-hydrogen) atoms. The van der Waals surface area contributed by atoms with Crippen molar-refractivity contribution >= 4 is 0 Å². The Morgan fingerprint density at radius 2 is 1.83 bits per heavy atom. The highest BCUT2D eigenvalue weighted by Crippen LogP contribution is 2.19. The van der Waals surface area contributed by atoms with Gasteiger partial charge in [-0.25, -0.2) is 0 Å². The molecule has 0 aromatic carbocycles. The van der Waals surface area contributed by atoms with Crippen molar-refractivity contribution in [1.82, 2.24) is 10.2 Å². The molecule has 1 N–H and O–H groups in total. The molecule has 0 aliphatic carbocycles. The Morgan fingerprint density at radius 3 is 2.39 bits per heavy atom. The van der Waals surface area contributed by atoms with Gasteiger partial charge in [-0.3, -0.25) is 0 Å². The van der Waals surface area contributed by atoms with E-state index >= 15 is 0 Å². The van der Waals surface area contributed by atoms with E-state index in [9.17, 15) is 0 Å². The first-order valence-corrected chi connectivity index (χ1v) is 8.26. The highest BCUT2D eigenvalue weighted by molar-refractivity contribution is 4.77. The van der Waals surface area contributed by atoms with E-state index in [2.05, 4.69) is 31.0 Å². The maximum Gasteiger partial charge on any atom is 0.00927 e. The largest absolute Gasteiger partial charge is 0.317 e. The molecular weight excluding hydrogens is 220 g/mol. The first-order valence-electron chi connectivity index (χ1n) is 8.26. The van der Waals surface area contributed by atoms with Crippen LogP contribution in [0.15, 0.2) is 0 Å². The Morgan fingerprint density at radius 1 is 1.11 bits per heavy atom. The molecule has 1 aliphatic heterocycles. The molecule has 0 aromatic rings. The molecule has 0 aromatic heterocycles. The summed E-state index contributed by atoms with van der Waals surface area (Å²) in [7, 11) is 0. The van der Waals surface area contributed by atoms with Gasteiger partial charge in [-0.1, -0.05) is 33.6 Å². The van der Waals surface area contributed by atoms with E-state index < -0.39 is 0 Å². The lowest BCUT2D eigenvalue weighted by Crippen LogP contribution is -2.41. The summed E-state index contributed by atoms with van der Waals surface area (Å²) in [6, 6.07) is 0.833. The van der Waals surface area contributed by atoms with Gasteiger partial charge >= 0.3 is 0 Å². The summed E-state index contributed by atoms with van der Waals surface area (Å²) in [5, 5.41) is 3.48. The average molecular weight is 254 g/mol. The third-order valence-corrected chi connectivity index (χ3v) is 4.34. The molecule has 2 nitrogen and oxygen atoms in total. The van der Waals surface area contributed by atoms with Crippen molar-refractivity contribution in [2.45, 2.75) is 71.8 Å². The Labute approximate surface area is 115 Å². The summed E-state index contributed by atoms with van der Waals surface area (Å²) < 4.78 is 0. The topological polar surface area (TPSA) is 15.3 Å². The quantitative estimate of drug-likeness (QED) is 0.675. The van der Waals surface area contributed by atoms with Crippen molar-refractivity contribution in [3.05, 3.63) is 0 Å². The molecule has 1 fully saturated rings. The van der Waals surface area contributed by atoms with Crippen molar-refractivity contribution < 1.29 is 0 Å². The number of piperidine rings is 1. The lowest BCUT2D eigenvalue weighted by molar-refractivity contribution is 0.139. The minimum atomic E-state index is 0.833. The highest BCUT2D eigenvalue weighted by Gasteiger charge is 2.21. The molecule has 0 bridgehead atoms. The predicted molar refractivity (Wildman–Crippen MR) is 81.1 cm³/mol. The number of unbranched alkanes of at least 4 members (excludes halogenated alkanes) is 1. The molecule has 1 rings (SSSR count). The van der Waals surface area contributed by atoms with Gasteiger partial charge in [0.1, 0.15) is 0 Å². The van der Waals surface area contributed by atoms with Gasteiger partial charge in [-0.2, -0.15) is 0 Å². The van der Waals surface area contributed by atoms with Crippen LogP contribution in [0.4, 0.5) is 0 Å². The summed E-state index contributed by atoms with van der Waals surface area (Å²) in [4.78, 5) is 2.80. The lowest BCUT2D eigenvalue weighted by Gasteiger charge is -2.35. The molecule has 1 unspecified atom stereocenters. The van der Waals surface area contributed by atoms with Crippen molar-refractivity contribution in [3.8, 4) is 0 Å². The van der Waals surface area contributed by atoms with Crippen LogP contribution in [0.5, 0.6) is 0 Å². The van der Waals surface area contributed by atoms with E-state index in [1.54, 1.807) is 0 Å². The molecule has 0 amide bonds. The zero-order chi connectivity index (χ0) is 13.2. The molecule has 1 atom stereocenters. The van der Waals surface area contributed by atoms with E-state index in [4.69, 9.17) is 0 Å². The standard InChI is InChI=1S/C16H34N2/c1-4-7-8-16(6-3)18(13-5-2)14-15-9-11-17-12-10-15/h15-17H,4-14H2,1-3H3. The minimum Gasteiger partial charge on any atom is -0.317 e. The molecule has 0 spiro atoms. The Bertz CT molecular complexity index is 188. The van der Waals surface area contributed by atoms with Crippen molar-refractivity contribution in [1.29, 1.82) is 0 Å². The van der Waals surface area contributed by atoms with Crippen LogP contribution in [0.1, 0.15) is 65.7 Å². The summed E-state index contributed by atoms with van der Waals surface area (Å²) in [6.07, 6.45) is 9.51. The summed E-state index contributed by atoms with van der Waals surface area (Å²) in [5.74, 6) is 0.938. The van der Waals surface area contributed by atoms with Gasteiger partial charge in [0, 0.05) is 12.6 Å². The van der Waals surface area contributed by atoms with Crippen molar-refractivity contribution in [2.24, 2.45) is 5.92 Å². The fourth-order valence-electron chi connectivity index (χ4n) is 3.19. The van der Waals surface area contributed by atoms with E-state index in [0.717, 1.165) is 12.0 Å². The average Bonchev–Trinajstić information content (AvgIpc) is 2.41. The number of hydrogen-bond acceptors (Lipinski definition) is 2. The van der Waals surface area contributed by atoms with Crippen molar-refractivity contribution in [2.75, 3.05) is 26.2 Å². The second-order valence-corrected chi connectivity index (χ2v) is 5.89. The second kappa shape index (κ2) is 9.80. The molecule has 108 valence electrons. The number of rotatable bonds is 9. The minimum absolute atomic E-state index is 0.833. The molecule has 0 radical (unpaired) electrons. The molecule has 1 aliphatic rings. The van der Waals surface area contributed by atoms with Gasteiger partial charge in [0.2, 0.25) is 0 Å². The maximum atomic E-state index is 3.48. The molecule has 2 heteroatoms.